The van der Waals surface area contributed by atoms with Gasteiger partial charge in [0.15, 0.2) is 0 Å². The van der Waals surface area contributed by atoms with E-state index in [1.807, 2.05) is 13.2 Å². The van der Waals surface area contributed by atoms with Crippen LogP contribution in [0.2, 0.25) is 5.02 Å². The van der Waals surface area contributed by atoms with Gasteiger partial charge < -0.3 is 15.4 Å². The standard InChI is InChI=1S/C17H19ClF2N4O2/c1-24-9-11(6-23-24)13-7-21-8-14(13)16(25)22-5-10-4-12(18)2-3-15(10)26-17(19)20/h2-4,6,9,13-14,17,21H,5,7-8H2,1H3,(H,22,25)/t13-,14+/m1/s1. The average Bonchev–Trinajstić information content (AvgIpc) is 3.23. The number of carbonyl (C=O) groups excluding carboxylic acids is 1. The Kier molecular flexibility index (Phi) is 5.73. The minimum Gasteiger partial charge on any atom is -0.434 e. The van der Waals surface area contributed by atoms with Gasteiger partial charge in [-0.05, 0) is 23.8 Å². The maximum absolute atomic E-state index is 12.6. The summed E-state index contributed by atoms with van der Waals surface area (Å²) in [7, 11) is 1.82. The lowest BCUT2D eigenvalue weighted by Gasteiger charge is -2.18. The van der Waals surface area contributed by atoms with Crippen molar-refractivity contribution in [2.45, 2.75) is 19.1 Å². The number of nitrogens with zero attached hydrogens (tertiary/aromatic N) is 2. The Hall–Kier alpha value is -2.19. The van der Waals surface area contributed by atoms with Crippen LogP contribution >= 0.6 is 11.6 Å². The molecule has 0 bridgehead atoms. The molecule has 2 aromatic rings. The summed E-state index contributed by atoms with van der Waals surface area (Å²) in [5.41, 5.74) is 1.39. The smallest absolute Gasteiger partial charge is 0.387 e. The van der Waals surface area contributed by atoms with Gasteiger partial charge in [0, 0.05) is 49.4 Å². The van der Waals surface area contributed by atoms with E-state index in [-0.39, 0.29) is 30.0 Å². The molecule has 1 aromatic carbocycles. The first-order valence-electron chi connectivity index (χ1n) is 8.14. The fourth-order valence-electron chi connectivity index (χ4n) is 3.15. The predicted molar refractivity (Wildman–Crippen MR) is 92.2 cm³/mol. The Labute approximate surface area is 154 Å². The zero-order chi connectivity index (χ0) is 18.7. The van der Waals surface area contributed by atoms with Crippen LogP contribution < -0.4 is 15.4 Å². The van der Waals surface area contributed by atoms with Gasteiger partial charge >= 0.3 is 6.61 Å². The number of amides is 1. The van der Waals surface area contributed by atoms with E-state index in [4.69, 9.17) is 11.6 Å². The van der Waals surface area contributed by atoms with E-state index in [0.717, 1.165) is 5.56 Å². The van der Waals surface area contributed by atoms with Crippen molar-refractivity contribution in [2.24, 2.45) is 13.0 Å². The van der Waals surface area contributed by atoms with Crippen molar-refractivity contribution in [1.82, 2.24) is 20.4 Å². The summed E-state index contributed by atoms with van der Waals surface area (Å²) in [5, 5.41) is 10.5. The van der Waals surface area contributed by atoms with Gasteiger partial charge in [-0.25, -0.2) is 0 Å². The molecule has 6 nitrogen and oxygen atoms in total. The molecule has 1 amide bonds. The van der Waals surface area contributed by atoms with E-state index in [0.29, 0.717) is 23.7 Å². The molecule has 3 rings (SSSR count). The lowest BCUT2D eigenvalue weighted by atomic mass is 9.90. The first-order chi connectivity index (χ1) is 12.4. The number of ether oxygens (including phenoxy) is 1. The van der Waals surface area contributed by atoms with Gasteiger partial charge in [0.2, 0.25) is 5.91 Å². The number of aromatic nitrogens is 2. The summed E-state index contributed by atoms with van der Waals surface area (Å²) in [6.07, 6.45) is 3.65. The van der Waals surface area contributed by atoms with Crippen LogP contribution in [0, 0.1) is 5.92 Å². The van der Waals surface area contributed by atoms with Crippen molar-refractivity contribution < 1.29 is 18.3 Å². The SMILES string of the molecule is Cn1cc([C@H]2CNC[C@@H]2C(=O)NCc2cc(Cl)ccc2OC(F)F)cn1. The molecule has 9 heteroatoms. The molecule has 1 saturated heterocycles. The van der Waals surface area contributed by atoms with Crippen LogP contribution in [0.1, 0.15) is 17.0 Å². The third-order valence-corrected chi connectivity index (χ3v) is 4.63. The van der Waals surface area contributed by atoms with Crippen LogP contribution in [-0.2, 0) is 18.4 Å². The molecule has 140 valence electrons. The maximum atomic E-state index is 12.6. The number of benzene rings is 1. The van der Waals surface area contributed by atoms with Crippen LogP contribution in [-0.4, -0.2) is 35.4 Å². The molecule has 1 aromatic heterocycles. The molecule has 1 aliphatic rings. The zero-order valence-electron chi connectivity index (χ0n) is 14.1. The number of nitrogens with one attached hydrogen (secondary N) is 2. The Morgan fingerprint density at radius 3 is 3.00 bits per heavy atom. The highest BCUT2D eigenvalue weighted by Gasteiger charge is 2.34. The maximum Gasteiger partial charge on any atom is 0.387 e. The Morgan fingerprint density at radius 1 is 1.50 bits per heavy atom. The van der Waals surface area contributed by atoms with Crippen LogP contribution in [0.25, 0.3) is 0 Å². The number of hydrogen-bond acceptors (Lipinski definition) is 4. The summed E-state index contributed by atoms with van der Waals surface area (Å²) in [6, 6.07) is 4.33. The minimum atomic E-state index is -2.94. The van der Waals surface area contributed by atoms with Gasteiger partial charge in [0.25, 0.3) is 0 Å². The minimum absolute atomic E-state index is 0.00180. The number of alkyl halides is 2. The van der Waals surface area contributed by atoms with Gasteiger partial charge in [0.05, 0.1) is 12.1 Å². The summed E-state index contributed by atoms with van der Waals surface area (Å²) in [4.78, 5) is 12.6. The van der Waals surface area contributed by atoms with Crippen LogP contribution in [0.4, 0.5) is 8.78 Å². The Morgan fingerprint density at radius 2 is 2.31 bits per heavy atom. The summed E-state index contributed by atoms with van der Waals surface area (Å²) in [6.45, 7) is -1.67. The lowest BCUT2D eigenvalue weighted by molar-refractivity contribution is -0.125. The van der Waals surface area contributed by atoms with Gasteiger partial charge in [0.1, 0.15) is 5.75 Å². The lowest BCUT2D eigenvalue weighted by Crippen LogP contribution is -2.34. The quantitative estimate of drug-likeness (QED) is 0.802. The number of aryl methyl sites for hydroxylation is 1. The fraction of sp³-hybridized carbons (Fsp3) is 0.412. The zero-order valence-corrected chi connectivity index (χ0v) is 14.8. The predicted octanol–water partition coefficient (Wildman–Crippen LogP) is 2.29. The monoisotopic (exact) mass is 384 g/mol. The molecule has 2 heterocycles. The second kappa shape index (κ2) is 8.01. The van der Waals surface area contributed by atoms with Gasteiger partial charge in [-0.2, -0.15) is 13.9 Å². The highest BCUT2D eigenvalue weighted by molar-refractivity contribution is 6.30. The van der Waals surface area contributed by atoms with E-state index in [1.54, 1.807) is 10.9 Å². The first-order valence-corrected chi connectivity index (χ1v) is 8.52. The normalized spacial score (nSPS) is 19.7. The molecular weight excluding hydrogens is 366 g/mol. The second-order valence-corrected chi connectivity index (χ2v) is 6.60. The molecule has 0 radical (unpaired) electrons. The van der Waals surface area contributed by atoms with E-state index in [9.17, 15) is 13.6 Å². The number of carbonyl (C=O) groups is 1. The number of rotatable bonds is 6. The second-order valence-electron chi connectivity index (χ2n) is 6.17. The van der Waals surface area contributed by atoms with E-state index in [2.05, 4.69) is 20.5 Å². The highest BCUT2D eigenvalue weighted by atomic mass is 35.5. The molecule has 26 heavy (non-hydrogen) atoms. The van der Waals surface area contributed by atoms with Gasteiger partial charge in [-0.3, -0.25) is 9.48 Å². The van der Waals surface area contributed by atoms with Crippen molar-refractivity contribution in [3.05, 3.63) is 46.7 Å². The van der Waals surface area contributed by atoms with E-state index < -0.39 is 6.61 Å². The molecule has 2 atom stereocenters. The Bertz CT molecular complexity index is 784. The van der Waals surface area contributed by atoms with Crippen LogP contribution in [0.5, 0.6) is 5.75 Å². The first kappa shape index (κ1) is 18.6. The van der Waals surface area contributed by atoms with Crippen molar-refractivity contribution in [3.8, 4) is 5.75 Å². The van der Waals surface area contributed by atoms with Gasteiger partial charge in [-0.1, -0.05) is 11.6 Å². The largest absolute Gasteiger partial charge is 0.434 e. The van der Waals surface area contributed by atoms with Crippen LogP contribution in [0.3, 0.4) is 0 Å². The van der Waals surface area contributed by atoms with Crippen molar-refractivity contribution >= 4 is 17.5 Å². The van der Waals surface area contributed by atoms with Gasteiger partial charge in [-0.15, -0.1) is 0 Å². The van der Waals surface area contributed by atoms with Crippen LogP contribution in [0.15, 0.2) is 30.6 Å². The fourth-order valence-corrected chi connectivity index (χ4v) is 3.34. The summed E-state index contributed by atoms with van der Waals surface area (Å²) >= 11 is 5.93. The molecule has 0 aliphatic carbocycles. The third-order valence-electron chi connectivity index (χ3n) is 4.40. The molecule has 1 aliphatic heterocycles. The van der Waals surface area contributed by atoms with Crippen molar-refractivity contribution in [3.63, 3.8) is 0 Å². The molecular formula is C17H19ClF2N4O2. The van der Waals surface area contributed by atoms with E-state index in [1.165, 1.54) is 18.2 Å². The molecule has 0 spiro atoms. The number of hydrogen-bond donors (Lipinski definition) is 2. The third kappa shape index (κ3) is 4.31. The van der Waals surface area contributed by atoms with E-state index >= 15 is 0 Å². The molecule has 1 fully saturated rings. The topological polar surface area (TPSA) is 68.2 Å². The Balaban J connectivity index is 1.68. The highest BCUT2D eigenvalue weighted by Crippen LogP contribution is 2.29. The van der Waals surface area contributed by atoms with Crippen molar-refractivity contribution in [2.75, 3.05) is 13.1 Å². The number of halogens is 3. The van der Waals surface area contributed by atoms with Crippen molar-refractivity contribution in [1.29, 1.82) is 0 Å². The summed E-state index contributed by atoms with van der Waals surface area (Å²) < 4.78 is 31.2. The summed E-state index contributed by atoms with van der Waals surface area (Å²) in [5.74, 6) is -0.414. The molecule has 2 N–H and O–H groups in total. The average molecular weight is 385 g/mol. The molecule has 0 unspecified atom stereocenters. The molecule has 0 saturated carbocycles.